The number of rotatable bonds is 1. The summed E-state index contributed by atoms with van der Waals surface area (Å²) >= 11 is 0. The Balaban J connectivity index is 1.97. The normalized spacial score (nSPS) is 29.3. The summed E-state index contributed by atoms with van der Waals surface area (Å²) in [7, 11) is 0. The molecule has 1 fully saturated rings. The van der Waals surface area contributed by atoms with Gasteiger partial charge in [-0.2, -0.15) is 0 Å². The fraction of sp³-hybridized carbons (Fsp3) is 0.444. The monoisotopic (exact) mass is 167 g/mol. The molecule has 2 rings (SSSR count). The van der Waals surface area contributed by atoms with Crippen molar-refractivity contribution < 1.29 is 14.2 Å². The van der Waals surface area contributed by atoms with Gasteiger partial charge in [0.25, 0.3) is 0 Å². The van der Waals surface area contributed by atoms with Gasteiger partial charge in [0, 0.05) is 5.57 Å². The Morgan fingerprint density at radius 2 is 2.33 bits per heavy atom. The van der Waals surface area contributed by atoms with Crippen molar-refractivity contribution in [2.75, 3.05) is 19.8 Å². The fourth-order valence-corrected chi connectivity index (χ4v) is 1.22. The van der Waals surface area contributed by atoms with E-state index in [0.717, 1.165) is 5.57 Å². The summed E-state index contributed by atoms with van der Waals surface area (Å²) in [5, 5.41) is 0. The molecule has 0 N–H and O–H groups in total. The number of hydrogen-bond acceptors (Lipinski definition) is 3. The van der Waals surface area contributed by atoms with E-state index >= 15 is 0 Å². The standard InChI is InChI=1S/C9H11O3/c1-2-8(6-10-3-1)9-7-11-4-5-12-9/h1-3,6,9H,4-5,7H2. The zero-order valence-electron chi connectivity index (χ0n) is 6.73. The van der Waals surface area contributed by atoms with Gasteiger partial charge >= 0.3 is 0 Å². The molecule has 0 amide bonds. The van der Waals surface area contributed by atoms with E-state index in [4.69, 9.17) is 14.2 Å². The summed E-state index contributed by atoms with van der Waals surface area (Å²) in [6.45, 7) is 3.68. The molecule has 2 aliphatic rings. The third-order valence-electron chi connectivity index (χ3n) is 1.84. The van der Waals surface area contributed by atoms with Gasteiger partial charge in [-0.05, 0) is 6.08 Å². The van der Waals surface area contributed by atoms with E-state index < -0.39 is 0 Å². The summed E-state index contributed by atoms with van der Waals surface area (Å²) < 4.78 is 15.8. The highest BCUT2D eigenvalue weighted by molar-refractivity contribution is 5.24. The summed E-state index contributed by atoms with van der Waals surface area (Å²) in [4.78, 5) is 0. The van der Waals surface area contributed by atoms with Crippen LogP contribution in [0.25, 0.3) is 0 Å². The highest BCUT2D eigenvalue weighted by Crippen LogP contribution is 2.17. The van der Waals surface area contributed by atoms with Crippen molar-refractivity contribution in [1.29, 1.82) is 0 Å². The van der Waals surface area contributed by atoms with Crippen LogP contribution in [-0.2, 0) is 14.2 Å². The van der Waals surface area contributed by atoms with E-state index in [1.54, 1.807) is 12.9 Å². The summed E-state index contributed by atoms with van der Waals surface area (Å²) in [5.74, 6) is 0. The highest BCUT2D eigenvalue weighted by Gasteiger charge is 2.19. The van der Waals surface area contributed by atoms with Gasteiger partial charge in [-0.1, -0.05) is 6.08 Å². The average Bonchev–Trinajstić information content (AvgIpc) is 2.21. The lowest BCUT2D eigenvalue weighted by Gasteiger charge is -2.25. The molecular weight excluding hydrogens is 156 g/mol. The van der Waals surface area contributed by atoms with E-state index in [0.29, 0.717) is 19.8 Å². The van der Waals surface area contributed by atoms with Crippen LogP contribution in [0.2, 0.25) is 0 Å². The molecule has 2 heterocycles. The van der Waals surface area contributed by atoms with Crippen molar-refractivity contribution in [2.45, 2.75) is 6.10 Å². The lowest BCUT2D eigenvalue weighted by atomic mass is 10.1. The Bertz CT molecular complexity index is 202. The minimum Gasteiger partial charge on any atom is -0.489 e. The molecular formula is C9H11O3. The Kier molecular flexibility index (Phi) is 2.44. The van der Waals surface area contributed by atoms with Gasteiger partial charge in [0.05, 0.1) is 26.1 Å². The van der Waals surface area contributed by atoms with Crippen LogP contribution >= 0.6 is 0 Å². The van der Waals surface area contributed by atoms with Crippen LogP contribution in [0.1, 0.15) is 0 Å². The topological polar surface area (TPSA) is 27.7 Å². The van der Waals surface area contributed by atoms with Crippen LogP contribution in [-0.4, -0.2) is 25.9 Å². The maximum absolute atomic E-state index is 5.48. The fourth-order valence-electron chi connectivity index (χ4n) is 1.22. The second kappa shape index (κ2) is 3.74. The van der Waals surface area contributed by atoms with Gasteiger partial charge in [-0.25, -0.2) is 0 Å². The molecule has 1 atom stereocenters. The Morgan fingerprint density at radius 3 is 3.00 bits per heavy atom. The smallest absolute Gasteiger partial charge is 0.162 e. The number of hydrogen-bond donors (Lipinski definition) is 0. The molecule has 0 bridgehead atoms. The predicted octanol–water partition coefficient (Wildman–Crippen LogP) is 1.03. The Hall–Kier alpha value is -0.800. The summed E-state index contributed by atoms with van der Waals surface area (Å²) in [6.07, 6.45) is 5.51. The molecule has 12 heavy (non-hydrogen) atoms. The van der Waals surface area contributed by atoms with Gasteiger partial charge in [-0.15, -0.1) is 0 Å². The molecule has 0 aromatic heterocycles. The van der Waals surface area contributed by atoms with E-state index in [2.05, 4.69) is 0 Å². The summed E-state index contributed by atoms with van der Waals surface area (Å²) in [6, 6.07) is 0. The maximum atomic E-state index is 5.48. The van der Waals surface area contributed by atoms with Crippen LogP contribution in [0, 0.1) is 6.61 Å². The molecule has 0 aliphatic carbocycles. The first kappa shape index (κ1) is 7.83. The van der Waals surface area contributed by atoms with E-state index in [-0.39, 0.29) is 6.10 Å². The summed E-state index contributed by atoms with van der Waals surface area (Å²) in [5.41, 5.74) is 1.04. The molecule has 2 aliphatic heterocycles. The van der Waals surface area contributed by atoms with Gasteiger partial charge in [0.2, 0.25) is 0 Å². The first-order valence-corrected chi connectivity index (χ1v) is 4.01. The SMILES string of the molecule is [CH]1OC=CC=C1C1COCCO1. The van der Waals surface area contributed by atoms with E-state index in [1.807, 2.05) is 12.2 Å². The lowest BCUT2D eigenvalue weighted by molar-refractivity contribution is -0.0733. The zero-order valence-corrected chi connectivity index (χ0v) is 6.73. The minimum absolute atomic E-state index is 0.0451. The van der Waals surface area contributed by atoms with Crippen LogP contribution in [0.3, 0.4) is 0 Å². The van der Waals surface area contributed by atoms with Crippen LogP contribution < -0.4 is 0 Å². The third-order valence-corrected chi connectivity index (χ3v) is 1.84. The third kappa shape index (κ3) is 1.68. The maximum Gasteiger partial charge on any atom is 0.162 e. The number of allylic oxidation sites excluding steroid dienone is 2. The second-order valence-corrected chi connectivity index (χ2v) is 2.68. The molecule has 0 saturated carbocycles. The second-order valence-electron chi connectivity index (χ2n) is 2.68. The van der Waals surface area contributed by atoms with Crippen molar-refractivity contribution in [1.82, 2.24) is 0 Å². The van der Waals surface area contributed by atoms with Gasteiger partial charge < -0.3 is 14.2 Å². The Labute approximate surface area is 71.6 Å². The van der Waals surface area contributed by atoms with Crippen LogP contribution in [0.5, 0.6) is 0 Å². The molecule has 1 radical (unpaired) electrons. The lowest BCUT2D eigenvalue weighted by Crippen LogP contribution is -2.30. The first-order chi connectivity index (χ1) is 5.97. The largest absolute Gasteiger partial charge is 0.489 e. The van der Waals surface area contributed by atoms with Crippen LogP contribution in [0.4, 0.5) is 0 Å². The van der Waals surface area contributed by atoms with Gasteiger partial charge in [0.1, 0.15) is 6.10 Å². The van der Waals surface area contributed by atoms with Crippen molar-refractivity contribution >= 4 is 0 Å². The predicted molar refractivity (Wildman–Crippen MR) is 43.2 cm³/mol. The quantitative estimate of drug-likeness (QED) is 0.584. The Morgan fingerprint density at radius 1 is 1.33 bits per heavy atom. The molecule has 1 unspecified atom stereocenters. The van der Waals surface area contributed by atoms with Crippen molar-refractivity contribution in [3.8, 4) is 0 Å². The van der Waals surface area contributed by atoms with Crippen molar-refractivity contribution in [3.05, 3.63) is 30.6 Å². The first-order valence-electron chi connectivity index (χ1n) is 4.01. The average molecular weight is 167 g/mol. The highest BCUT2D eigenvalue weighted by atomic mass is 16.6. The zero-order chi connectivity index (χ0) is 8.23. The van der Waals surface area contributed by atoms with Crippen molar-refractivity contribution in [3.63, 3.8) is 0 Å². The molecule has 0 aromatic rings. The van der Waals surface area contributed by atoms with Gasteiger partial charge in [-0.3, -0.25) is 0 Å². The van der Waals surface area contributed by atoms with Crippen molar-refractivity contribution in [2.24, 2.45) is 0 Å². The molecule has 65 valence electrons. The molecule has 0 spiro atoms. The van der Waals surface area contributed by atoms with E-state index in [1.165, 1.54) is 0 Å². The molecule has 3 heteroatoms. The molecule has 0 aromatic carbocycles. The van der Waals surface area contributed by atoms with Gasteiger partial charge in [0.15, 0.2) is 6.61 Å². The minimum atomic E-state index is 0.0451. The number of ether oxygens (including phenoxy) is 3. The molecule has 1 saturated heterocycles. The molecule has 3 nitrogen and oxygen atoms in total. The van der Waals surface area contributed by atoms with Crippen LogP contribution in [0.15, 0.2) is 24.0 Å². The van der Waals surface area contributed by atoms with E-state index in [9.17, 15) is 0 Å².